The van der Waals surface area contributed by atoms with Crippen LogP contribution >= 0.6 is 0 Å². The minimum Gasteiger partial charge on any atom is -0.373 e. The SMILES string of the molecule is CNc1cc(Nc2cccn(-c3ccccn3)c2=O)nc2c(C(=O)N[C@@H]3C[C@@H]3F)cnn12. The lowest BCUT2D eigenvalue weighted by Crippen LogP contribution is -2.27. The monoisotopic (exact) mass is 434 g/mol. The molecule has 10 nitrogen and oxygen atoms in total. The summed E-state index contributed by atoms with van der Waals surface area (Å²) < 4.78 is 16.1. The second-order valence-electron chi connectivity index (χ2n) is 7.31. The first-order valence-electron chi connectivity index (χ1n) is 9.96. The first-order valence-corrected chi connectivity index (χ1v) is 9.96. The fourth-order valence-corrected chi connectivity index (χ4v) is 3.33. The minimum absolute atomic E-state index is 0.211. The highest BCUT2D eigenvalue weighted by molar-refractivity contribution is 6.00. The van der Waals surface area contributed by atoms with E-state index < -0.39 is 18.1 Å². The number of halogens is 1. The van der Waals surface area contributed by atoms with E-state index in [9.17, 15) is 14.0 Å². The predicted molar refractivity (Wildman–Crippen MR) is 116 cm³/mol. The highest BCUT2D eigenvalue weighted by atomic mass is 19.1. The lowest BCUT2D eigenvalue weighted by atomic mass is 10.3. The summed E-state index contributed by atoms with van der Waals surface area (Å²) in [5.41, 5.74) is 0.450. The number of hydrogen-bond acceptors (Lipinski definition) is 7. The summed E-state index contributed by atoms with van der Waals surface area (Å²) in [5.74, 6) is 0.921. The van der Waals surface area contributed by atoms with E-state index in [2.05, 4.69) is 31.0 Å². The lowest BCUT2D eigenvalue weighted by molar-refractivity contribution is 0.0949. The molecule has 1 aliphatic carbocycles. The molecule has 2 atom stereocenters. The van der Waals surface area contributed by atoms with Gasteiger partial charge in [0.2, 0.25) is 0 Å². The number of pyridine rings is 2. The van der Waals surface area contributed by atoms with Crippen LogP contribution in [0.25, 0.3) is 11.5 Å². The zero-order chi connectivity index (χ0) is 22.2. The molecule has 0 unspecified atom stereocenters. The number of aromatic nitrogens is 5. The smallest absolute Gasteiger partial charge is 0.279 e. The number of carbonyl (C=O) groups is 1. The van der Waals surface area contributed by atoms with Gasteiger partial charge in [0.15, 0.2) is 5.65 Å². The topological polar surface area (TPSA) is 118 Å². The molecule has 4 aromatic rings. The van der Waals surface area contributed by atoms with Crippen LogP contribution in [0.4, 0.5) is 21.7 Å². The summed E-state index contributed by atoms with van der Waals surface area (Å²) in [6, 6.07) is 9.83. The zero-order valence-corrected chi connectivity index (χ0v) is 17.0. The van der Waals surface area contributed by atoms with Crippen molar-refractivity contribution in [2.75, 3.05) is 17.7 Å². The van der Waals surface area contributed by atoms with Gasteiger partial charge in [-0.25, -0.2) is 14.4 Å². The van der Waals surface area contributed by atoms with Gasteiger partial charge in [0.1, 0.15) is 34.9 Å². The summed E-state index contributed by atoms with van der Waals surface area (Å²) in [6.07, 6.45) is 3.91. The van der Waals surface area contributed by atoms with Crippen molar-refractivity contribution < 1.29 is 9.18 Å². The van der Waals surface area contributed by atoms with Crippen LogP contribution in [-0.4, -0.2) is 49.3 Å². The summed E-state index contributed by atoms with van der Waals surface area (Å²) >= 11 is 0. The van der Waals surface area contributed by atoms with Gasteiger partial charge >= 0.3 is 0 Å². The van der Waals surface area contributed by atoms with Gasteiger partial charge in [-0.15, -0.1) is 0 Å². The fourth-order valence-electron chi connectivity index (χ4n) is 3.33. The Hall–Kier alpha value is -4.28. The second-order valence-corrected chi connectivity index (χ2v) is 7.31. The summed E-state index contributed by atoms with van der Waals surface area (Å²) in [5, 5.41) is 12.9. The maximum Gasteiger partial charge on any atom is 0.279 e. The van der Waals surface area contributed by atoms with Gasteiger partial charge in [-0.2, -0.15) is 9.61 Å². The molecule has 5 rings (SSSR count). The van der Waals surface area contributed by atoms with Crippen molar-refractivity contribution in [2.45, 2.75) is 18.6 Å². The Balaban J connectivity index is 1.52. The van der Waals surface area contributed by atoms with Crippen LogP contribution in [0.3, 0.4) is 0 Å². The number of amides is 1. The third-order valence-corrected chi connectivity index (χ3v) is 5.11. The molecule has 32 heavy (non-hydrogen) atoms. The van der Waals surface area contributed by atoms with Crippen molar-refractivity contribution in [1.82, 2.24) is 29.5 Å². The van der Waals surface area contributed by atoms with Gasteiger partial charge in [0.25, 0.3) is 11.5 Å². The highest BCUT2D eigenvalue weighted by Crippen LogP contribution is 2.26. The van der Waals surface area contributed by atoms with E-state index in [0.29, 0.717) is 23.9 Å². The van der Waals surface area contributed by atoms with E-state index in [0.717, 1.165) is 0 Å². The Kier molecular flexibility index (Phi) is 4.77. The maximum absolute atomic E-state index is 13.2. The van der Waals surface area contributed by atoms with Gasteiger partial charge < -0.3 is 16.0 Å². The number of hydrogen-bond donors (Lipinski definition) is 3. The van der Waals surface area contributed by atoms with Crippen LogP contribution in [0.5, 0.6) is 0 Å². The van der Waals surface area contributed by atoms with E-state index in [4.69, 9.17) is 0 Å². The molecule has 1 amide bonds. The number of fused-ring (bicyclic) bond motifs is 1. The summed E-state index contributed by atoms with van der Waals surface area (Å²) in [7, 11) is 1.70. The molecule has 0 aliphatic heterocycles. The predicted octanol–water partition coefficient (Wildman–Crippen LogP) is 1.90. The number of nitrogens with one attached hydrogen (secondary N) is 3. The molecule has 4 heterocycles. The van der Waals surface area contributed by atoms with Crippen molar-refractivity contribution in [3.8, 4) is 5.82 Å². The maximum atomic E-state index is 13.2. The van der Waals surface area contributed by atoms with Gasteiger partial charge in [-0.05, 0) is 24.3 Å². The van der Waals surface area contributed by atoms with E-state index in [1.807, 2.05) is 0 Å². The molecule has 1 fully saturated rings. The lowest BCUT2D eigenvalue weighted by Gasteiger charge is -2.11. The van der Waals surface area contributed by atoms with Gasteiger partial charge in [0, 0.05) is 31.9 Å². The van der Waals surface area contributed by atoms with E-state index >= 15 is 0 Å². The first kappa shape index (κ1) is 19.7. The third-order valence-electron chi connectivity index (χ3n) is 5.11. The molecular weight excluding hydrogens is 415 g/mol. The zero-order valence-electron chi connectivity index (χ0n) is 17.0. The van der Waals surface area contributed by atoms with E-state index in [-0.39, 0.29) is 22.5 Å². The van der Waals surface area contributed by atoms with Gasteiger partial charge in [0.05, 0.1) is 12.2 Å². The number of nitrogens with zero attached hydrogens (tertiary/aromatic N) is 5. The normalized spacial score (nSPS) is 17.2. The molecular formula is C21H19FN8O2. The summed E-state index contributed by atoms with van der Waals surface area (Å²) in [6.45, 7) is 0. The van der Waals surface area contributed by atoms with E-state index in [1.165, 1.54) is 15.3 Å². The van der Waals surface area contributed by atoms with Gasteiger partial charge in [-0.3, -0.25) is 14.2 Å². The molecule has 0 radical (unpaired) electrons. The van der Waals surface area contributed by atoms with Gasteiger partial charge in [-0.1, -0.05) is 6.07 Å². The molecule has 11 heteroatoms. The number of carbonyl (C=O) groups excluding carboxylic acids is 1. The highest BCUT2D eigenvalue weighted by Gasteiger charge is 2.39. The number of rotatable bonds is 6. The van der Waals surface area contributed by atoms with E-state index in [1.54, 1.807) is 55.8 Å². The Bertz CT molecular complexity index is 1370. The van der Waals surface area contributed by atoms with Crippen LogP contribution in [0.1, 0.15) is 16.8 Å². The van der Waals surface area contributed by atoms with Crippen LogP contribution in [0.15, 0.2) is 59.8 Å². The molecule has 1 aliphatic rings. The number of anilines is 3. The fraction of sp³-hybridized carbons (Fsp3) is 0.190. The van der Waals surface area contributed by atoms with Crippen LogP contribution in [0.2, 0.25) is 0 Å². The Morgan fingerprint density at radius 3 is 2.81 bits per heavy atom. The molecule has 0 aromatic carbocycles. The molecule has 162 valence electrons. The third kappa shape index (κ3) is 3.53. The quantitative estimate of drug-likeness (QED) is 0.424. The first-order chi connectivity index (χ1) is 15.5. The molecule has 0 bridgehead atoms. The second kappa shape index (κ2) is 7.76. The molecule has 4 aromatic heterocycles. The van der Waals surface area contributed by atoms with Crippen molar-refractivity contribution in [1.29, 1.82) is 0 Å². The van der Waals surface area contributed by atoms with Crippen molar-refractivity contribution in [3.05, 3.63) is 70.9 Å². The standard InChI is InChI=1S/C21H19FN8O2/c1-23-18-10-16(26-14-5-4-8-29(21(14)32)17-6-2-3-7-24-17)28-19-12(11-25-30(18)19)20(31)27-15-9-13(15)22/h2-8,10-11,13,15,23H,9H2,1H3,(H,26,28)(H,27,31)/t13-,15+/m0/s1. The Labute approximate surface area is 181 Å². The number of alkyl halides is 1. The van der Waals surface area contributed by atoms with Crippen molar-refractivity contribution in [2.24, 2.45) is 0 Å². The Morgan fingerprint density at radius 2 is 2.09 bits per heavy atom. The molecule has 3 N–H and O–H groups in total. The minimum atomic E-state index is -1.02. The van der Waals surface area contributed by atoms with Crippen LogP contribution in [-0.2, 0) is 0 Å². The largest absolute Gasteiger partial charge is 0.373 e. The average molecular weight is 434 g/mol. The van der Waals surface area contributed by atoms with Crippen molar-refractivity contribution >= 4 is 28.9 Å². The van der Waals surface area contributed by atoms with Crippen LogP contribution in [0, 0.1) is 0 Å². The molecule has 1 saturated carbocycles. The molecule has 0 saturated heterocycles. The van der Waals surface area contributed by atoms with Crippen LogP contribution < -0.4 is 21.5 Å². The average Bonchev–Trinajstić information content (AvgIpc) is 3.32. The molecule has 0 spiro atoms. The van der Waals surface area contributed by atoms with Crippen molar-refractivity contribution in [3.63, 3.8) is 0 Å². The Morgan fingerprint density at radius 1 is 1.25 bits per heavy atom. The summed E-state index contributed by atoms with van der Waals surface area (Å²) in [4.78, 5) is 34.2.